The van der Waals surface area contributed by atoms with Gasteiger partial charge in [-0.25, -0.2) is 4.39 Å². The van der Waals surface area contributed by atoms with Gasteiger partial charge in [-0.1, -0.05) is 25.8 Å². The smallest absolute Gasteiger partial charge is 0.311 e. The molecule has 1 aliphatic heterocycles. The van der Waals surface area contributed by atoms with Gasteiger partial charge in [0.2, 0.25) is 0 Å². The molecule has 0 saturated carbocycles. The molecule has 1 aromatic rings. The molecule has 0 bridgehead atoms. The Morgan fingerprint density at radius 1 is 1.50 bits per heavy atom. The number of halogens is 1. The van der Waals surface area contributed by atoms with Crippen molar-refractivity contribution in [1.29, 1.82) is 0 Å². The summed E-state index contributed by atoms with van der Waals surface area (Å²) in [5, 5.41) is 0. The van der Waals surface area contributed by atoms with E-state index < -0.39 is 0 Å². The predicted molar refractivity (Wildman–Crippen MR) is 76.5 cm³/mol. The fourth-order valence-electron chi connectivity index (χ4n) is 2.05. The van der Waals surface area contributed by atoms with Crippen molar-refractivity contribution < 1.29 is 13.9 Å². The molecule has 0 aliphatic carbocycles. The van der Waals surface area contributed by atoms with Crippen LogP contribution >= 0.6 is 0 Å². The molecule has 1 fully saturated rings. The SMILES string of the molecule is C#Cc1ccc(CN2CC(C(=O)OC)C2)cc1F.CC. The quantitative estimate of drug-likeness (QED) is 0.628. The third-order valence-corrected chi connectivity index (χ3v) is 3.09. The molecule has 108 valence electrons. The Labute approximate surface area is 119 Å². The van der Waals surface area contributed by atoms with Gasteiger partial charge >= 0.3 is 5.97 Å². The zero-order valence-corrected chi connectivity index (χ0v) is 12.1. The summed E-state index contributed by atoms with van der Waals surface area (Å²) in [5.41, 5.74) is 1.13. The van der Waals surface area contributed by atoms with Gasteiger partial charge in [0.1, 0.15) is 5.82 Å². The largest absolute Gasteiger partial charge is 0.469 e. The Hall–Kier alpha value is -1.86. The van der Waals surface area contributed by atoms with Gasteiger partial charge in [0.05, 0.1) is 18.6 Å². The summed E-state index contributed by atoms with van der Waals surface area (Å²) in [6.07, 6.45) is 5.15. The number of nitrogens with zero attached hydrogens (tertiary/aromatic N) is 1. The van der Waals surface area contributed by atoms with Crippen LogP contribution in [-0.4, -0.2) is 31.1 Å². The normalized spacial score (nSPS) is 14.6. The summed E-state index contributed by atoms with van der Waals surface area (Å²) >= 11 is 0. The maximum Gasteiger partial charge on any atom is 0.311 e. The van der Waals surface area contributed by atoms with E-state index >= 15 is 0 Å². The van der Waals surface area contributed by atoms with E-state index in [4.69, 9.17) is 6.42 Å². The van der Waals surface area contributed by atoms with Gasteiger partial charge in [-0.05, 0) is 17.7 Å². The summed E-state index contributed by atoms with van der Waals surface area (Å²) in [5.74, 6) is 1.68. The first-order chi connectivity index (χ1) is 9.63. The van der Waals surface area contributed by atoms with Crippen LogP contribution in [0.5, 0.6) is 0 Å². The molecular weight excluding hydrogens is 257 g/mol. The van der Waals surface area contributed by atoms with Crippen LogP contribution in [0.15, 0.2) is 18.2 Å². The second-order valence-corrected chi connectivity index (χ2v) is 4.37. The lowest BCUT2D eigenvalue weighted by atomic mass is 9.99. The lowest BCUT2D eigenvalue weighted by Crippen LogP contribution is -2.49. The lowest BCUT2D eigenvalue weighted by Gasteiger charge is -2.37. The topological polar surface area (TPSA) is 29.5 Å². The first-order valence-corrected chi connectivity index (χ1v) is 6.69. The number of terminal acetylenes is 1. The minimum absolute atomic E-state index is 0.0511. The van der Waals surface area contributed by atoms with Crippen molar-refractivity contribution >= 4 is 5.97 Å². The monoisotopic (exact) mass is 277 g/mol. The highest BCUT2D eigenvalue weighted by Crippen LogP contribution is 2.20. The number of likely N-dealkylation sites (tertiary alicyclic amines) is 1. The minimum Gasteiger partial charge on any atom is -0.469 e. The Bertz CT molecular complexity index is 502. The van der Waals surface area contributed by atoms with Gasteiger partial charge in [-0.3, -0.25) is 9.69 Å². The third kappa shape index (κ3) is 3.82. The highest BCUT2D eigenvalue weighted by Gasteiger charge is 2.33. The van der Waals surface area contributed by atoms with Crippen LogP contribution in [0.25, 0.3) is 0 Å². The fraction of sp³-hybridized carbons (Fsp3) is 0.438. The van der Waals surface area contributed by atoms with E-state index in [1.165, 1.54) is 13.2 Å². The van der Waals surface area contributed by atoms with E-state index in [1.54, 1.807) is 6.07 Å². The van der Waals surface area contributed by atoms with E-state index in [9.17, 15) is 9.18 Å². The van der Waals surface area contributed by atoms with Crippen molar-refractivity contribution in [2.45, 2.75) is 20.4 Å². The molecule has 0 spiro atoms. The number of methoxy groups -OCH3 is 1. The van der Waals surface area contributed by atoms with Crippen molar-refractivity contribution in [1.82, 2.24) is 4.90 Å². The van der Waals surface area contributed by atoms with E-state index in [0.717, 1.165) is 5.56 Å². The molecule has 1 heterocycles. The maximum absolute atomic E-state index is 13.4. The lowest BCUT2D eigenvalue weighted by molar-refractivity contribution is -0.151. The predicted octanol–water partition coefficient (Wildman–Crippen LogP) is 2.44. The molecule has 1 aliphatic rings. The molecule has 0 unspecified atom stereocenters. The number of carbonyl (C=O) groups is 1. The summed E-state index contributed by atoms with van der Waals surface area (Å²) in [6.45, 7) is 5.94. The summed E-state index contributed by atoms with van der Waals surface area (Å²) in [7, 11) is 1.39. The Morgan fingerprint density at radius 2 is 2.15 bits per heavy atom. The highest BCUT2D eigenvalue weighted by molar-refractivity contribution is 5.73. The fourth-order valence-corrected chi connectivity index (χ4v) is 2.05. The second kappa shape index (κ2) is 7.66. The number of hydrogen-bond donors (Lipinski definition) is 0. The molecular formula is C16H20FNO2. The minimum atomic E-state index is -0.375. The highest BCUT2D eigenvalue weighted by atomic mass is 19.1. The van der Waals surface area contributed by atoms with Gasteiger partial charge < -0.3 is 4.74 Å². The maximum atomic E-state index is 13.4. The zero-order chi connectivity index (χ0) is 15.1. The molecule has 0 aromatic heterocycles. The first kappa shape index (κ1) is 16.2. The number of esters is 1. The van der Waals surface area contributed by atoms with E-state index in [2.05, 4.69) is 15.6 Å². The van der Waals surface area contributed by atoms with Gasteiger partial charge in [0, 0.05) is 19.6 Å². The van der Waals surface area contributed by atoms with Crippen LogP contribution in [0.2, 0.25) is 0 Å². The zero-order valence-electron chi connectivity index (χ0n) is 12.1. The number of benzene rings is 1. The third-order valence-electron chi connectivity index (χ3n) is 3.09. The molecule has 20 heavy (non-hydrogen) atoms. The molecule has 3 nitrogen and oxygen atoms in total. The Morgan fingerprint density at radius 3 is 2.65 bits per heavy atom. The van der Waals surface area contributed by atoms with Crippen LogP contribution in [0.4, 0.5) is 4.39 Å². The van der Waals surface area contributed by atoms with E-state index in [0.29, 0.717) is 19.6 Å². The molecule has 1 aromatic carbocycles. The van der Waals surface area contributed by atoms with Crippen LogP contribution in [0.1, 0.15) is 25.0 Å². The van der Waals surface area contributed by atoms with Crippen molar-refractivity contribution in [2.75, 3.05) is 20.2 Å². The van der Waals surface area contributed by atoms with Gasteiger partial charge in [0.15, 0.2) is 0 Å². The van der Waals surface area contributed by atoms with Crippen LogP contribution in [0, 0.1) is 24.1 Å². The summed E-state index contributed by atoms with van der Waals surface area (Å²) in [4.78, 5) is 13.3. The Balaban J connectivity index is 0.000000956. The second-order valence-electron chi connectivity index (χ2n) is 4.37. The summed E-state index contributed by atoms with van der Waals surface area (Å²) < 4.78 is 18.1. The number of ether oxygens (including phenoxy) is 1. The molecule has 4 heteroatoms. The van der Waals surface area contributed by atoms with E-state index in [1.807, 2.05) is 19.9 Å². The van der Waals surface area contributed by atoms with Crippen molar-refractivity contribution in [3.8, 4) is 12.3 Å². The molecule has 0 radical (unpaired) electrons. The average molecular weight is 277 g/mol. The molecule has 0 atom stereocenters. The summed E-state index contributed by atoms with van der Waals surface area (Å²) in [6, 6.07) is 4.85. The standard InChI is InChI=1S/C14H14FNO2.C2H6/c1-3-11-5-4-10(6-13(11)15)7-16-8-12(9-16)14(17)18-2;1-2/h1,4-6,12H,7-9H2,2H3;1-2H3. The van der Waals surface area contributed by atoms with Crippen molar-refractivity contribution in [3.05, 3.63) is 35.1 Å². The molecule has 0 amide bonds. The van der Waals surface area contributed by atoms with Gasteiger partial charge in [0.25, 0.3) is 0 Å². The van der Waals surface area contributed by atoms with Gasteiger partial charge in [-0.2, -0.15) is 0 Å². The molecule has 2 rings (SSSR count). The molecule has 1 saturated heterocycles. The number of hydrogen-bond acceptors (Lipinski definition) is 3. The number of rotatable bonds is 3. The first-order valence-electron chi connectivity index (χ1n) is 6.69. The van der Waals surface area contributed by atoms with Crippen molar-refractivity contribution in [3.63, 3.8) is 0 Å². The van der Waals surface area contributed by atoms with Crippen LogP contribution < -0.4 is 0 Å². The van der Waals surface area contributed by atoms with E-state index in [-0.39, 0.29) is 23.3 Å². The Kier molecular flexibility index (Phi) is 6.20. The van der Waals surface area contributed by atoms with Crippen molar-refractivity contribution in [2.24, 2.45) is 5.92 Å². The van der Waals surface area contributed by atoms with Crippen LogP contribution in [0.3, 0.4) is 0 Å². The average Bonchev–Trinajstić information content (AvgIpc) is 2.44. The van der Waals surface area contributed by atoms with Crippen LogP contribution in [-0.2, 0) is 16.1 Å². The number of carbonyl (C=O) groups excluding carboxylic acids is 1. The molecule has 0 N–H and O–H groups in total. The van der Waals surface area contributed by atoms with Gasteiger partial charge in [-0.15, -0.1) is 6.42 Å².